The zero-order chi connectivity index (χ0) is 12.0. The van der Waals surface area contributed by atoms with E-state index in [2.05, 4.69) is 0 Å². The molecule has 0 spiro atoms. The zero-order valence-corrected chi connectivity index (χ0v) is 11.0. The van der Waals surface area contributed by atoms with E-state index in [9.17, 15) is 0 Å². The topological polar surface area (TPSA) is 44.5 Å². The van der Waals surface area contributed by atoms with Gasteiger partial charge in [0.25, 0.3) is 0 Å². The Morgan fingerprint density at radius 3 is 2.47 bits per heavy atom. The second-order valence-electron chi connectivity index (χ2n) is 5.78. The largest absolute Gasteiger partial charge is 0.377 e. The van der Waals surface area contributed by atoms with Crippen molar-refractivity contribution in [2.45, 2.75) is 69.4 Å². The van der Waals surface area contributed by atoms with Crippen molar-refractivity contribution in [3.05, 3.63) is 0 Å². The molecule has 1 saturated carbocycles. The molecule has 3 heteroatoms. The Morgan fingerprint density at radius 2 is 1.82 bits per heavy atom. The molecule has 1 unspecified atom stereocenters. The summed E-state index contributed by atoms with van der Waals surface area (Å²) < 4.78 is 11.5. The summed E-state index contributed by atoms with van der Waals surface area (Å²) in [4.78, 5) is 0. The molecule has 0 bridgehead atoms. The summed E-state index contributed by atoms with van der Waals surface area (Å²) in [6.45, 7) is 2.35. The standard InChI is InChI=1S/C14H27NO2/c15-14(8-4-1-2-5-9-14)12-16-11-13-7-3-6-10-17-13/h13H,1-12,15H2. The summed E-state index contributed by atoms with van der Waals surface area (Å²) in [5.41, 5.74) is 6.34. The smallest absolute Gasteiger partial charge is 0.0808 e. The van der Waals surface area contributed by atoms with Crippen LogP contribution in [-0.2, 0) is 9.47 Å². The maximum absolute atomic E-state index is 6.41. The molecule has 1 aliphatic heterocycles. The highest BCUT2D eigenvalue weighted by molar-refractivity contribution is 4.86. The highest BCUT2D eigenvalue weighted by Crippen LogP contribution is 2.25. The summed E-state index contributed by atoms with van der Waals surface area (Å²) in [7, 11) is 0. The maximum Gasteiger partial charge on any atom is 0.0808 e. The molecule has 2 N–H and O–H groups in total. The van der Waals surface area contributed by atoms with Crippen molar-refractivity contribution in [2.75, 3.05) is 19.8 Å². The van der Waals surface area contributed by atoms with E-state index in [1.54, 1.807) is 0 Å². The predicted octanol–water partition coefficient (Wildman–Crippen LogP) is 2.62. The Morgan fingerprint density at radius 1 is 1.06 bits per heavy atom. The van der Waals surface area contributed by atoms with E-state index < -0.39 is 0 Å². The number of nitrogens with two attached hydrogens (primary N) is 1. The number of ether oxygens (including phenoxy) is 2. The Kier molecular flexibility index (Phi) is 5.26. The lowest BCUT2D eigenvalue weighted by Gasteiger charge is -2.29. The molecule has 2 aliphatic rings. The fourth-order valence-corrected chi connectivity index (χ4v) is 2.91. The van der Waals surface area contributed by atoms with Gasteiger partial charge in [-0.15, -0.1) is 0 Å². The summed E-state index contributed by atoms with van der Waals surface area (Å²) in [5, 5.41) is 0. The van der Waals surface area contributed by atoms with Crippen LogP contribution in [0.2, 0.25) is 0 Å². The third-order valence-corrected chi connectivity index (χ3v) is 4.07. The minimum atomic E-state index is -0.0643. The molecule has 0 aromatic carbocycles. The lowest BCUT2D eigenvalue weighted by Crippen LogP contribution is -2.44. The SMILES string of the molecule is NC1(COCC2CCCCO2)CCCCCC1. The van der Waals surface area contributed by atoms with Crippen LogP contribution in [0, 0.1) is 0 Å². The van der Waals surface area contributed by atoms with Crippen LogP contribution in [0.4, 0.5) is 0 Å². The van der Waals surface area contributed by atoms with Crippen molar-refractivity contribution in [1.82, 2.24) is 0 Å². The van der Waals surface area contributed by atoms with Crippen molar-refractivity contribution in [3.8, 4) is 0 Å². The first-order chi connectivity index (χ1) is 8.29. The molecule has 17 heavy (non-hydrogen) atoms. The highest BCUT2D eigenvalue weighted by Gasteiger charge is 2.27. The Hall–Kier alpha value is -0.120. The quantitative estimate of drug-likeness (QED) is 0.770. The van der Waals surface area contributed by atoms with Gasteiger partial charge in [0, 0.05) is 12.1 Å². The van der Waals surface area contributed by atoms with Gasteiger partial charge in [-0.3, -0.25) is 0 Å². The normalized spacial score (nSPS) is 29.8. The van der Waals surface area contributed by atoms with Gasteiger partial charge in [0.05, 0.1) is 19.3 Å². The van der Waals surface area contributed by atoms with Crippen LogP contribution in [0.3, 0.4) is 0 Å². The summed E-state index contributed by atoms with van der Waals surface area (Å²) in [6.07, 6.45) is 11.4. The van der Waals surface area contributed by atoms with Gasteiger partial charge in [0.1, 0.15) is 0 Å². The van der Waals surface area contributed by atoms with E-state index in [-0.39, 0.29) is 5.54 Å². The minimum absolute atomic E-state index is 0.0643. The second kappa shape index (κ2) is 6.72. The molecule has 1 atom stereocenters. The second-order valence-corrected chi connectivity index (χ2v) is 5.78. The zero-order valence-electron chi connectivity index (χ0n) is 11.0. The van der Waals surface area contributed by atoms with Crippen LogP contribution in [0.5, 0.6) is 0 Å². The van der Waals surface area contributed by atoms with Crippen molar-refractivity contribution < 1.29 is 9.47 Å². The predicted molar refractivity (Wildman–Crippen MR) is 69.0 cm³/mol. The van der Waals surface area contributed by atoms with Crippen LogP contribution in [0.25, 0.3) is 0 Å². The summed E-state index contributed by atoms with van der Waals surface area (Å²) in [6, 6.07) is 0. The number of hydrogen-bond acceptors (Lipinski definition) is 3. The lowest BCUT2D eigenvalue weighted by molar-refractivity contribution is -0.0503. The van der Waals surface area contributed by atoms with Crippen LogP contribution < -0.4 is 5.73 Å². The van der Waals surface area contributed by atoms with Gasteiger partial charge in [-0.1, -0.05) is 25.7 Å². The molecular formula is C14H27NO2. The first kappa shape index (κ1) is 13.3. The van der Waals surface area contributed by atoms with E-state index in [1.807, 2.05) is 0 Å². The van der Waals surface area contributed by atoms with Crippen LogP contribution in [0.15, 0.2) is 0 Å². The average Bonchev–Trinajstić information content (AvgIpc) is 2.56. The van der Waals surface area contributed by atoms with E-state index in [1.165, 1.54) is 38.5 Å². The van der Waals surface area contributed by atoms with E-state index in [4.69, 9.17) is 15.2 Å². The lowest BCUT2D eigenvalue weighted by atomic mass is 9.92. The molecule has 0 radical (unpaired) electrons. The molecule has 0 aromatic rings. The molecule has 100 valence electrons. The first-order valence-electron chi connectivity index (χ1n) is 7.27. The molecule has 1 saturated heterocycles. The van der Waals surface area contributed by atoms with Crippen LogP contribution in [-0.4, -0.2) is 31.5 Å². The minimum Gasteiger partial charge on any atom is -0.377 e. The molecule has 2 rings (SSSR count). The van der Waals surface area contributed by atoms with Gasteiger partial charge >= 0.3 is 0 Å². The average molecular weight is 241 g/mol. The van der Waals surface area contributed by atoms with Crippen LogP contribution >= 0.6 is 0 Å². The molecule has 0 aromatic heterocycles. The molecule has 1 aliphatic carbocycles. The molecule has 3 nitrogen and oxygen atoms in total. The number of rotatable bonds is 4. The van der Waals surface area contributed by atoms with Gasteiger partial charge in [-0.2, -0.15) is 0 Å². The Balaban J connectivity index is 1.65. The fraction of sp³-hybridized carbons (Fsp3) is 1.00. The number of hydrogen-bond donors (Lipinski definition) is 1. The monoisotopic (exact) mass is 241 g/mol. The Labute approximate surface area is 105 Å². The Bertz CT molecular complexity index is 206. The van der Waals surface area contributed by atoms with Crippen LogP contribution in [0.1, 0.15) is 57.8 Å². The molecule has 2 fully saturated rings. The van der Waals surface area contributed by atoms with E-state index in [0.717, 1.165) is 32.5 Å². The fourth-order valence-electron chi connectivity index (χ4n) is 2.91. The van der Waals surface area contributed by atoms with Gasteiger partial charge < -0.3 is 15.2 Å². The highest BCUT2D eigenvalue weighted by atomic mass is 16.5. The van der Waals surface area contributed by atoms with Gasteiger partial charge in [0.15, 0.2) is 0 Å². The summed E-state index contributed by atoms with van der Waals surface area (Å²) in [5.74, 6) is 0. The molecule has 1 heterocycles. The van der Waals surface area contributed by atoms with Crippen molar-refractivity contribution in [2.24, 2.45) is 5.73 Å². The first-order valence-corrected chi connectivity index (χ1v) is 7.27. The van der Waals surface area contributed by atoms with Crippen molar-refractivity contribution >= 4 is 0 Å². The van der Waals surface area contributed by atoms with Crippen molar-refractivity contribution in [3.63, 3.8) is 0 Å². The summed E-state index contributed by atoms with van der Waals surface area (Å²) >= 11 is 0. The molecular weight excluding hydrogens is 214 g/mol. The maximum atomic E-state index is 6.41. The third-order valence-electron chi connectivity index (χ3n) is 4.07. The van der Waals surface area contributed by atoms with Gasteiger partial charge in [-0.05, 0) is 32.1 Å². The molecule has 0 amide bonds. The van der Waals surface area contributed by atoms with E-state index in [0.29, 0.717) is 12.7 Å². The van der Waals surface area contributed by atoms with Gasteiger partial charge in [-0.25, -0.2) is 0 Å². The van der Waals surface area contributed by atoms with Crippen molar-refractivity contribution in [1.29, 1.82) is 0 Å². The third kappa shape index (κ3) is 4.57. The van der Waals surface area contributed by atoms with E-state index >= 15 is 0 Å². The van der Waals surface area contributed by atoms with Gasteiger partial charge in [0.2, 0.25) is 0 Å².